The lowest BCUT2D eigenvalue weighted by Crippen LogP contribution is -2.35. The highest BCUT2D eigenvalue weighted by Crippen LogP contribution is 2.25. The van der Waals surface area contributed by atoms with Crippen molar-refractivity contribution in [2.24, 2.45) is 0 Å². The zero-order valence-corrected chi connectivity index (χ0v) is 15.2. The highest BCUT2D eigenvalue weighted by Gasteiger charge is 2.26. The van der Waals surface area contributed by atoms with Crippen LogP contribution in [0.2, 0.25) is 0 Å². The van der Waals surface area contributed by atoms with Gasteiger partial charge in [-0.2, -0.15) is 0 Å². The van der Waals surface area contributed by atoms with Crippen molar-refractivity contribution < 1.29 is 19.1 Å². The Morgan fingerprint density at radius 2 is 1.91 bits per heavy atom. The predicted octanol–water partition coefficient (Wildman–Crippen LogP) is 3.78. The van der Waals surface area contributed by atoms with Crippen molar-refractivity contribution in [2.75, 3.05) is 11.9 Å². The van der Waals surface area contributed by atoms with Gasteiger partial charge in [0.2, 0.25) is 0 Å². The summed E-state index contributed by atoms with van der Waals surface area (Å²) in [5, 5.41) is 0. The van der Waals surface area contributed by atoms with E-state index in [-0.39, 0.29) is 11.8 Å². The summed E-state index contributed by atoms with van der Waals surface area (Å²) in [4.78, 5) is 29.6. The second-order valence-electron chi connectivity index (χ2n) is 6.01. The predicted molar refractivity (Wildman–Crippen MR) is 87.1 cm³/mol. The van der Waals surface area contributed by atoms with E-state index >= 15 is 0 Å². The maximum absolute atomic E-state index is 12.2. The molecule has 6 nitrogen and oxygen atoms in total. The van der Waals surface area contributed by atoms with Crippen molar-refractivity contribution in [2.45, 2.75) is 46.3 Å². The molecule has 0 fully saturated rings. The van der Waals surface area contributed by atoms with Gasteiger partial charge in [-0.1, -0.05) is 0 Å². The fraction of sp³-hybridized carbons (Fsp3) is 0.533. The summed E-state index contributed by atoms with van der Waals surface area (Å²) in [5.41, 5.74) is -0.261. The lowest BCUT2D eigenvalue weighted by molar-refractivity contribution is 0.0372. The van der Waals surface area contributed by atoms with Gasteiger partial charge in [-0.3, -0.25) is 4.90 Å². The van der Waals surface area contributed by atoms with Gasteiger partial charge in [0, 0.05) is 17.7 Å². The number of hydrogen-bond donors (Lipinski definition) is 0. The number of ether oxygens (including phenoxy) is 2. The first kappa shape index (κ1) is 18.4. The first-order chi connectivity index (χ1) is 10.0. The molecule has 22 heavy (non-hydrogen) atoms. The van der Waals surface area contributed by atoms with Crippen molar-refractivity contribution in [3.05, 3.63) is 22.4 Å². The van der Waals surface area contributed by atoms with Crippen molar-refractivity contribution >= 4 is 33.7 Å². The fourth-order valence-electron chi connectivity index (χ4n) is 1.54. The molecule has 0 aromatic carbocycles. The highest BCUT2D eigenvalue weighted by molar-refractivity contribution is 9.10. The number of esters is 1. The maximum Gasteiger partial charge on any atom is 0.414 e. The van der Waals surface area contributed by atoms with E-state index in [2.05, 4.69) is 20.9 Å². The Hall–Kier alpha value is -1.63. The van der Waals surface area contributed by atoms with Gasteiger partial charge in [0.25, 0.3) is 0 Å². The smallest absolute Gasteiger partial charge is 0.414 e. The molecular formula is C15H21BrN2O4. The summed E-state index contributed by atoms with van der Waals surface area (Å²) in [6, 6.07) is 1.62. The Morgan fingerprint density at radius 1 is 1.32 bits per heavy atom. The minimum atomic E-state index is -0.636. The topological polar surface area (TPSA) is 68.7 Å². The van der Waals surface area contributed by atoms with E-state index in [1.54, 1.807) is 40.7 Å². The molecule has 0 saturated carbocycles. The van der Waals surface area contributed by atoms with Gasteiger partial charge >= 0.3 is 12.1 Å². The highest BCUT2D eigenvalue weighted by atomic mass is 79.9. The summed E-state index contributed by atoms with van der Waals surface area (Å²) >= 11 is 3.28. The standard InChI is InChI=1S/C15H21BrN2O4/c1-9(2)21-13(19)12-11(7-10(16)8-17-12)18(6)14(20)22-15(3,4)5/h7-9H,1-6H3. The van der Waals surface area contributed by atoms with Gasteiger partial charge in [0.1, 0.15) is 5.60 Å². The van der Waals surface area contributed by atoms with Crippen LogP contribution in [-0.4, -0.2) is 35.8 Å². The van der Waals surface area contributed by atoms with Crippen molar-refractivity contribution in [3.8, 4) is 0 Å². The lowest BCUT2D eigenvalue weighted by atomic mass is 10.2. The third kappa shape index (κ3) is 5.29. The second kappa shape index (κ2) is 7.09. The summed E-state index contributed by atoms with van der Waals surface area (Å²) in [5.74, 6) is -0.590. The van der Waals surface area contributed by atoms with Gasteiger partial charge in [-0.05, 0) is 56.6 Å². The lowest BCUT2D eigenvalue weighted by Gasteiger charge is -2.25. The molecule has 1 heterocycles. The van der Waals surface area contributed by atoms with Crippen LogP contribution >= 0.6 is 15.9 Å². The van der Waals surface area contributed by atoms with Crippen molar-refractivity contribution in [1.82, 2.24) is 4.98 Å². The number of amides is 1. The molecule has 0 spiro atoms. The zero-order chi connectivity index (χ0) is 17.1. The Labute approximate surface area is 138 Å². The number of halogens is 1. The number of carbonyl (C=O) groups excluding carboxylic acids is 2. The van der Waals surface area contributed by atoms with Crippen molar-refractivity contribution in [3.63, 3.8) is 0 Å². The number of pyridine rings is 1. The quantitative estimate of drug-likeness (QED) is 0.755. The van der Waals surface area contributed by atoms with E-state index in [4.69, 9.17) is 9.47 Å². The number of anilines is 1. The Kier molecular flexibility index (Phi) is 5.93. The zero-order valence-electron chi connectivity index (χ0n) is 13.6. The molecule has 0 aliphatic carbocycles. The first-order valence-corrected chi connectivity index (χ1v) is 7.64. The Balaban J connectivity index is 3.14. The van der Waals surface area contributed by atoms with Crippen LogP contribution < -0.4 is 4.90 Å². The molecule has 122 valence electrons. The Morgan fingerprint density at radius 3 is 2.41 bits per heavy atom. The van der Waals surface area contributed by atoms with E-state index in [9.17, 15) is 9.59 Å². The third-order valence-corrected chi connectivity index (χ3v) is 2.83. The van der Waals surface area contributed by atoms with Crippen LogP contribution in [0.5, 0.6) is 0 Å². The van der Waals surface area contributed by atoms with E-state index in [0.717, 1.165) is 0 Å². The molecule has 0 aliphatic heterocycles. The molecule has 0 aliphatic rings. The van der Waals surface area contributed by atoms with E-state index < -0.39 is 17.7 Å². The number of aromatic nitrogens is 1. The van der Waals surface area contributed by atoms with E-state index in [1.807, 2.05) is 0 Å². The molecule has 0 unspecified atom stereocenters. The summed E-state index contributed by atoms with van der Waals surface area (Å²) in [6.45, 7) is 8.80. The second-order valence-corrected chi connectivity index (χ2v) is 6.93. The SMILES string of the molecule is CC(C)OC(=O)c1ncc(Br)cc1N(C)C(=O)OC(C)(C)C. The van der Waals surface area contributed by atoms with Gasteiger partial charge < -0.3 is 9.47 Å². The van der Waals surface area contributed by atoms with E-state index in [0.29, 0.717) is 10.2 Å². The van der Waals surface area contributed by atoms with Gasteiger partial charge in [-0.25, -0.2) is 14.6 Å². The molecule has 0 saturated heterocycles. The molecule has 1 aromatic rings. The number of nitrogens with zero attached hydrogens (tertiary/aromatic N) is 2. The Bertz CT molecular complexity index is 567. The maximum atomic E-state index is 12.2. The summed E-state index contributed by atoms with van der Waals surface area (Å²) < 4.78 is 11.1. The molecule has 1 amide bonds. The third-order valence-electron chi connectivity index (χ3n) is 2.40. The van der Waals surface area contributed by atoms with Crippen LogP contribution in [0.25, 0.3) is 0 Å². The summed E-state index contributed by atoms with van der Waals surface area (Å²) in [6.07, 6.45) is 0.618. The molecule has 7 heteroatoms. The van der Waals surface area contributed by atoms with Gasteiger partial charge in [0.15, 0.2) is 5.69 Å². The largest absolute Gasteiger partial charge is 0.458 e. The van der Waals surface area contributed by atoms with Crippen LogP contribution in [0.1, 0.15) is 45.1 Å². The van der Waals surface area contributed by atoms with Crippen LogP contribution in [0.4, 0.5) is 10.5 Å². The van der Waals surface area contributed by atoms with Crippen molar-refractivity contribution in [1.29, 1.82) is 0 Å². The minimum absolute atomic E-state index is 0.0604. The molecule has 0 atom stereocenters. The normalized spacial score (nSPS) is 11.3. The van der Waals surface area contributed by atoms with Crippen LogP contribution in [0.15, 0.2) is 16.7 Å². The molecule has 0 N–H and O–H groups in total. The van der Waals surface area contributed by atoms with Crippen LogP contribution in [0.3, 0.4) is 0 Å². The van der Waals surface area contributed by atoms with Crippen LogP contribution in [0, 0.1) is 0 Å². The molecule has 0 bridgehead atoms. The molecule has 0 radical (unpaired) electrons. The molecular weight excluding hydrogens is 352 g/mol. The molecule has 1 rings (SSSR count). The van der Waals surface area contributed by atoms with Gasteiger partial charge in [-0.15, -0.1) is 0 Å². The number of carbonyl (C=O) groups is 2. The van der Waals surface area contributed by atoms with Gasteiger partial charge in [0.05, 0.1) is 11.8 Å². The van der Waals surface area contributed by atoms with E-state index in [1.165, 1.54) is 18.1 Å². The monoisotopic (exact) mass is 372 g/mol. The average molecular weight is 373 g/mol. The average Bonchev–Trinajstić information content (AvgIpc) is 2.34. The van der Waals surface area contributed by atoms with Crippen LogP contribution in [-0.2, 0) is 9.47 Å². The summed E-state index contributed by atoms with van der Waals surface area (Å²) in [7, 11) is 1.52. The number of rotatable bonds is 3. The first-order valence-electron chi connectivity index (χ1n) is 6.84. The minimum Gasteiger partial charge on any atom is -0.458 e. The molecule has 1 aromatic heterocycles. The number of hydrogen-bond acceptors (Lipinski definition) is 5. The fourth-order valence-corrected chi connectivity index (χ4v) is 1.86.